The molecule has 2 aliphatic rings. The Labute approximate surface area is 145 Å². The van der Waals surface area contributed by atoms with Crippen LogP contribution in [-0.4, -0.2) is 25.7 Å². The van der Waals surface area contributed by atoms with Crippen LogP contribution >= 0.6 is 11.6 Å². The number of hydrogen-bond donors (Lipinski definition) is 1. The first-order valence-corrected chi connectivity index (χ1v) is 8.58. The average Bonchev–Trinajstić information content (AvgIpc) is 3.23. The molecule has 0 fully saturated rings. The van der Waals surface area contributed by atoms with Gasteiger partial charge in [-0.05, 0) is 24.6 Å². The lowest BCUT2D eigenvalue weighted by Gasteiger charge is -2.13. The number of hydrogen-bond acceptors (Lipinski definition) is 3. The molecule has 0 bridgehead atoms. The van der Waals surface area contributed by atoms with Crippen molar-refractivity contribution in [1.82, 2.24) is 5.32 Å². The minimum absolute atomic E-state index is 0.151. The smallest absolute Gasteiger partial charge is 0.252 e. The monoisotopic (exact) mass is 343 g/mol. The molecule has 2 aromatic carbocycles. The molecule has 5 heteroatoms. The predicted octanol–water partition coefficient (Wildman–Crippen LogP) is 3.18. The van der Waals surface area contributed by atoms with Crippen LogP contribution in [0.4, 0.5) is 0 Å². The number of carbonyl (C=O) groups is 1. The molecule has 24 heavy (non-hydrogen) atoms. The van der Waals surface area contributed by atoms with E-state index in [0.717, 1.165) is 44.0 Å². The van der Waals surface area contributed by atoms with Crippen molar-refractivity contribution in [2.24, 2.45) is 0 Å². The van der Waals surface area contributed by atoms with Gasteiger partial charge in [0.25, 0.3) is 5.91 Å². The van der Waals surface area contributed by atoms with Crippen molar-refractivity contribution in [2.45, 2.75) is 19.3 Å². The number of fused-ring (bicyclic) bond motifs is 2. The van der Waals surface area contributed by atoms with Gasteiger partial charge in [0.1, 0.15) is 11.5 Å². The molecular formula is C19H18ClNO3. The molecule has 0 unspecified atom stereocenters. The van der Waals surface area contributed by atoms with E-state index in [-0.39, 0.29) is 5.91 Å². The van der Waals surface area contributed by atoms with Gasteiger partial charge in [-0.25, -0.2) is 0 Å². The Hall–Kier alpha value is -2.20. The molecule has 4 nitrogen and oxygen atoms in total. The standard InChI is InChI=1S/C19H18ClNO3/c20-16-4-2-1-3-15(16)19(22)21-8-5-14-13-7-10-23-17(13)11-12-6-9-24-18(12)14/h1-4,11H,5-10H2,(H,21,22). The van der Waals surface area contributed by atoms with Gasteiger partial charge in [-0.1, -0.05) is 23.7 Å². The van der Waals surface area contributed by atoms with E-state index in [2.05, 4.69) is 11.4 Å². The Bertz CT molecular complexity index is 771. The van der Waals surface area contributed by atoms with E-state index >= 15 is 0 Å². The highest BCUT2D eigenvalue weighted by Crippen LogP contribution is 2.40. The fourth-order valence-electron chi connectivity index (χ4n) is 3.39. The molecule has 2 aliphatic heterocycles. The zero-order chi connectivity index (χ0) is 16.5. The number of halogens is 1. The number of amides is 1. The highest BCUT2D eigenvalue weighted by atomic mass is 35.5. The largest absolute Gasteiger partial charge is 0.493 e. The van der Waals surface area contributed by atoms with Crippen LogP contribution in [0.25, 0.3) is 0 Å². The van der Waals surface area contributed by atoms with Crippen molar-refractivity contribution < 1.29 is 14.3 Å². The van der Waals surface area contributed by atoms with Gasteiger partial charge in [-0.3, -0.25) is 4.79 Å². The molecule has 1 N–H and O–H groups in total. The number of carbonyl (C=O) groups excluding carboxylic acids is 1. The molecule has 1 amide bonds. The molecule has 0 aromatic heterocycles. The summed E-state index contributed by atoms with van der Waals surface area (Å²) in [7, 11) is 0. The lowest BCUT2D eigenvalue weighted by atomic mass is 9.97. The van der Waals surface area contributed by atoms with E-state index in [4.69, 9.17) is 21.1 Å². The number of nitrogens with one attached hydrogen (secondary N) is 1. The Balaban J connectivity index is 1.49. The molecule has 0 saturated heterocycles. The lowest BCUT2D eigenvalue weighted by molar-refractivity contribution is 0.0954. The van der Waals surface area contributed by atoms with Crippen LogP contribution in [0, 0.1) is 0 Å². The SMILES string of the molecule is O=C(NCCc1c2c(cc3c1OCC3)OCC2)c1ccccc1Cl. The van der Waals surface area contributed by atoms with Gasteiger partial charge in [-0.15, -0.1) is 0 Å². The third-order valence-electron chi connectivity index (χ3n) is 4.54. The highest BCUT2D eigenvalue weighted by Gasteiger charge is 2.26. The van der Waals surface area contributed by atoms with E-state index in [9.17, 15) is 4.79 Å². The van der Waals surface area contributed by atoms with Crippen molar-refractivity contribution in [3.8, 4) is 11.5 Å². The van der Waals surface area contributed by atoms with Crippen molar-refractivity contribution in [3.63, 3.8) is 0 Å². The molecular weight excluding hydrogens is 326 g/mol. The Morgan fingerprint density at radius 2 is 2.00 bits per heavy atom. The molecule has 4 rings (SSSR count). The maximum absolute atomic E-state index is 12.3. The summed E-state index contributed by atoms with van der Waals surface area (Å²) in [6.07, 6.45) is 2.55. The first kappa shape index (κ1) is 15.3. The number of benzene rings is 2. The first-order valence-electron chi connectivity index (χ1n) is 8.20. The zero-order valence-electron chi connectivity index (χ0n) is 13.2. The molecule has 2 aromatic rings. The molecule has 0 aliphatic carbocycles. The Kier molecular flexibility index (Phi) is 4.07. The second-order valence-corrected chi connectivity index (χ2v) is 6.41. The van der Waals surface area contributed by atoms with Crippen LogP contribution in [0.15, 0.2) is 30.3 Å². The molecule has 0 atom stereocenters. The summed E-state index contributed by atoms with van der Waals surface area (Å²) in [6, 6.07) is 9.18. The van der Waals surface area contributed by atoms with Crippen LogP contribution in [-0.2, 0) is 19.3 Å². The van der Waals surface area contributed by atoms with Crippen LogP contribution in [0.2, 0.25) is 5.02 Å². The van der Waals surface area contributed by atoms with Gasteiger partial charge >= 0.3 is 0 Å². The molecule has 0 saturated carbocycles. The van der Waals surface area contributed by atoms with Crippen LogP contribution in [0.5, 0.6) is 11.5 Å². The van der Waals surface area contributed by atoms with E-state index in [1.807, 2.05) is 12.1 Å². The second kappa shape index (κ2) is 6.36. The first-order chi connectivity index (χ1) is 11.7. The van der Waals surface area contributed by atoms with Crippen LogP contribution < -0.4 is 14.8 Å². The Morgan fingerprint density at radius 3 is 2.88 bits per heavy atom. The van der Waals surface area contributed by atoms with Gasteiger partial charge in [0.2, 0.25) is 0 Å². The number of ether oxygens (including phenoxy) is 2. The third-order valence-corrected chi connectivity index (χ3v) is 4.87. The van der Waals surface area contributed by atoms with Gasteiger partial charge < -0.3 is 14.8 Å². The summed E-state index contributed by atoms with van der Waals surface area (Å²) >= 11 is 6.07. The summed E-state index contributed by atoms with van der Waals surface area (Å²) in [5.74, 6) is 1.82. The van der Waals surface area contributed by atoms with Crippen molar-refractivity contribution >= 4 is 17.5 Å². The zero-order valence-corrected chi connectivity index (χ0v) is 14.0. The van der Waals surface area contributed by atoms with Gasteiger partial charge in [0, 0.05) is 36.1 Å². The van der Waals surface area contributed by atoms with Crippen molar-refractivity contribution in [3.05, 3.63) is 57.6 Å². The average molecular weight is 344 g/mol. The van der Waals surface area contributed by atoms with Crippen molar-refractivity contribution in [1.29, 1.82) is 0 Å². The van der Waals surface area contributed by atoms with Gasteiger partial charge in [0.15, 0.2) is 0 Å². The maximum Gasteiger partial charge on any atom is 0.252 e. The lowest BCUT2D eigenvalue weighted by Crippen LogP contribution is -2.26. The fraction of sp³-hybridized carbons (Fsp3) is 0.316. The molecule has 124 valence electrons. The molecule has 2 heterocycles. The third kappa shape index (κ3) is 2.71. The minimum atomic E-state index is -0.151. The summed E-state index contributed by atoms with van der Waals surface area (Å²) in [5.41, 5.74) is 4.12. The highest BCUT2D eigenvalue weighted by molar-refractivity contribution is 6.33. The van der Waals surface area contributed by atoms with E-state index in [1.54, 1.807) is 12.1 Å². The van der Waals surface area contributed by atoms with Crippen molar-refractivity contribution in [2.75, 3.05) is 19.8 Å². The normalized spacial score (nSPS) is 14.5. The summed E-state index contributed by atoms with van der Waals surface area (Å²) in [5, 5.41) is 3.42. The predicted molar refractivity (Wildman–Crippen MR) is 92.3 cm³/mol. The summed E-state index contributed by atoms with van der Waals surface area (Å²) < 4.78 is 11.5. The van der Waals surface area contributed by atoms with Gasteiger partial charge in [-0.2, -0.15) is 0 Å². The van der Waals surface area contributed by atoms with E-state index in [1.165, 1.54) is 16.7 Å². The molecule has 0 spiro atoms. The van der Waals surface area contributed by atoms with E-state index in [0.29, 0.717) is 17.1 Å². The fourth-order valence-corrected chi connectivity index (χ4v) is 3.61. The second-order valence-electron chi connectivity index (χ2n) is 6.00. The summed E-state index contributed by atoms with van der Waals surface area (Å²) in [6.45, 7) is 1.98. The Morgan fingerprint density at radius 1 is 1.17 bits per heavy atom. The number of rotatable bonds is 4. The topological polar surface area (TPSA) is 47.6 Å². The summed E-state index contributed by atoms with van der Waals surface area (Å²) in [4.78, 5) is 12.3. The van der Waals surface area contributed by atoms with Crippen LogP contribution in [0.3, 0.4) is 0 Å². The van der Waals surface area contributed by atoms with Crippen LogP contribution in [0.1, 0.15) is 27.0 Å². The van der Waals surface area contributed by atoms with E-state index < -0.39 is 0 Å². The maximum atomic E-state index is 12.3. The quantitative estimate of drug-likeness (QED) is 0.927. The minimum Gasteiger partial charge on any atom is -0.493 e. The molecule has 0 radical (unpaired) electrons. The van der Waals surface area contributed by atoms with Gasteiger partial charge in [0.05, 0.1) is 23.8 Å².